The minimum absolute atomic E-state index is 0.0422. The molecule has 2 amide bonds. The zero-order valence-corrected chi connectivity index (χ0v) is 15.2. The van der Waals surface area contributed by atoms with Gasteiger partial charge in [-0.1, -0.05) is 31.5 Å². The fourth-order valence-electron chi connectivity index (χ4n) is 3.95. The molecule has 0 aromatic heterocycles. The summed E-state index contributed by atoms with van der Waals surface area (Å²) in [6.07, 6.45) is 5.94. The second-order valence-electron chi connectivity index (χ2n) is 7.12. The Morgan fingerprint density at radius 2 is 2.04 bits per heavy atom. The molecule has 0 spiro atoms. The molecule has 25 heavy (non-hydrogen) atoms. The van der Waals surface area contributed by atoms with Crippen molar-refractivity contribution in [2.45, 2.75) is 51.5 Å². The summed E-state index contributed by atoms with van der Waals surface area (Å²) in [6.45, 7) is 5.09. The number of carbonyl (C=O) groups is 2. The van der Waals surface area contributed by atoms with Crippen LogP contribution < -0.4 is 5.32 Å². The highest BCUT2D eigenvalue weighted by molar-refractivity contribution is 5.93. The number of likely N-dealkylation sites (tertiary alicyclic amines) is 2. The molecule has 5 nitrogen and oxygen atoms in total. The van der Waals surface area contributed by atoms with Gasteiger partial charge in [-0.25, -0.2) is 0 Å². The van der Waals surface area contributed by atoms with Crippen molar-refractivity contribution < 1.29 is 9.59 Å². The Morgan fingerprint density at radius 3 is 2.80 bits per heavy atom. The SMILES string of the molecule is CCc1ccccc1NC(=O)CN1CCCCC1CN1CCCC1=O. The van der Waals surface area contributed by atoms with Crippen molar-refractivity contribution in [3.63, 3.8) is 0 Å². The van der Waals surface area contributed by atoms with Crippen LogP contribution in [0.3, 0.4) is 0 Å². The monoisotopic (exact) mass is 343 g/mol. The number of aryl methyl sites for hydroxylation is 1. The predicted octanol–water partition coefficient (Wildman–Crippen LogP) is 2.66. The molecule has 1 aromatic carbocycles. The van der Waals surface area contributed by atoms with Crippen molar-refractivity contribution in [3.05, 3.63) is 29.8 Å². The Bertz CT molecular complexity index is 617. The largest absolute Gasteiger partial charge is 0.341 e. The van der Waals surface area contributed by atoms with Gasteiger partial charge in [0, 0.05) is 31.2 Å². The highest BCUT2D eigenvalue weighted by Crippen LogP contribution is 2.21. The maximum absolute atomic E-state index is 12.6. The lowest BCUT2D eigenvalue weighted by molar-refractivity contribution is -0.128. The number of nitrogens with one attached hydrogen (secondary N) is 1. The van der Waals surface area contributed by atoms with Crippen LogP contribution in [0.15, 0.2) is 24.3 Å². The van der Waals surface area contributed by atoms with E-state index in [2.05, 4.69) is 23.2 Å². The van der Waals surface area contributed by atoms with Gasteiger partial charge < -0.3 is 10.2 Å². The Kier molecular flexibility index (Phi) is 6.08. The third kappa shape index (κ3) is 4.60. The van der Waals surface area contributed by atoms with Crippen LogP contribution >= 0.6 is 0 Å². The number of benzene rings is 1. The molecule has 2 aliphatic rings. The van der Waals surface area contributed by atoms with E-state index in [0.717, 1.165) is 56.6 Å². The Balaban J connectivity index is 1.59. The highest BCUT2D eigenvalue weighted by atomic mass is 16.2. The maximum Gasteiger partial charge on any atom is 0.238 e. The summed E-state index contributed by atoms with van der Waals surface area (Å²) in [6, 6.07) is 8.29. The van der Waals surface area contributed by atoms with Crippen molar-refractivity contribution in [2.75, 3.05) is 31.5 Å². The minimum atomic E-state index is 0.0422. The lowest BCUT2D eigenvalue weighted by Crippen LogP contribution is -2.49. The quantitative estimate of drug-likeness (QED) is 0.864. The molecule has 1 aromatic rings. The van der Waals surface area contributed by atoms with Gasteiger partial charge in [0.2, 0.25) is 11.8 Å². The van der Waals surface area contributed by atoms with E-state index < -0.39 is 0 Å². The lowest BCUT2D eigenvalue weighted by Gasteiger charge is -2.37. The topological polar surface area (TPSA) is 52.7 Å². The number of anilines is 1. The van der Waals surface area contributed by atoms with Gasteiger partial charge in [-0.05, 0) is 43.9 Å². The number of rotatable bonds is 6. The van der Waals surface area contributed by atoms with Gasteiger partial charge in [0.05, 0.1) is 6.54 Å². The first-order chi connectivity index (χ1) is 12.2. The van der Waals surface area contributed by atoms with Crippen molar-refractivity contribution in [1.29, 1.82) is 0 Å². The smallest absolute Gasteiger partial charge is 0.238 e. The summed E-state index contributed by atoms with van der Waals surface area (Å²) in [5.41, 5.74) is 2.08. The number of hydrogen-bond donors (Lipinski definition) is 1. The standard InChI is InChI=1S/C20H29N3O2/c1-2-16-8-3-4-10-18(16)21-19(24)15-22-12-6-5-9-17(22)14-23-13-7-11-20(23)25/h3-4,8,10,17H,2,5-7,9,11-15H2,1H3,(H,21,24). The van der Waals surface area contributed by atoms with E-state index in [9.17, 15) is 9.59 Å². The molecule has 1 N–H and O–H groups in total. The summed E-state index contributed by atoms with van der Waals surface area (Å²) >= 11 is 0. The van der Waals surface area contributed by atoms with Gasteiger partial charge >= 0.3 is 0 Å². The first-order valence-electron chi connectivity index (χ1n) is 9.57. The molecule has 0 bridgehead atoms. The Labute approximate surface area is 150 Å². The Morgan fingerprint density at radius 1 is 1.20 bits per heavy atom. The molecule has 136 valence electrons. The van der Waals surface area contributed by atoms with Gasteiger partial charge in [-0.3, -0.25) is 14.5 Å². The molecule has 0 saturated carbocycles. The first kappa shape index (κ1) is 17.9. The van der Waals surface area contributed by atoms with E-state index in [1.54, 1.807) is 0 Å². The van der Waals surface area contributed by atoms with Crippen LogP contribution in [0.5, 0.6) is 0 Å². The normalized spacial score (nSPS) is 21.6. The van der Waals surface area contributed by atoms with Crippen LogP contribution in [0.2, 0.25) is 0 Å². The summed E-state index contributed by atoms with van der Waals surface area (Å²) in [4.78, 5) is 28.7. The molecule has 5 heteroatoms. The van der Waals surface area contributed by atoms with Crippen LogP contribution in [-0.4, -0.2) is 53.8 Å². The fourth-order valence-corrected chi connectivity index (χ4v) is 3.95. The fraction of sp³-hybridized carbons (Fsp3) is 0.600. The van der Waals surface area contributed by atoms with E-state index in [1.165, 1.54) is 6.42 Å². The summed E-state index contributed by atoms with van der Waals surface area (Å²) in [5.74, 6) is 0.312. The zero-order chi connectivity index (χ0) is 17.6. The van der Waals surface area contributed by atoms with E-state index in [1.807, 2.05) is 23.1 Å². The predicted molar refractivity (Wildman–Crippen MR) is 99.5 cm³/mol. The second-order valence-corrected chi connectivity index (χ2v) is 7.12. The molecular weight excluding hydrogens is 314 g/mol. The molecule has 0 radical (unpaired) electrons. The third-order valence-corrected chi connectivity index (χ3v) is 5.37. The molecule has 1 unspecified atom stereocenters. The highest BCUT2D eigenvalue weighted by Gasteiger charge is 2.29. The van der Waals surface area contributed by atoms with Crippen LogP contribution in [0.4, 0.5) is 5.69 Å². The molecule has 1 atom stereocenters. The summed E-state index contributed by atoms with van der Waals surface area (Å²) < 4.78 is 0. The van der Waals surface area contributed by atoms with E-state index in [4.69, 9.17) is 0 Å². The zero-order valence-electron chi connectivity index (χ0n) is 15.2. The van der Waals surface area contributed by atoms with Crippen LogP contribution in [0.25, 0.3) is 0 Å². The van der Waals surface area contributed by atoms with E-state index >= 15 is 0 Å². The number of amides is 2. The summed E-state index contributed by atoms with van der Waals surface area (Å²) in [5, 5.41) is 3.07. The van der Waals surface area contributed by atoms with Crippen molar-refractivity contribution in [1.82, 2.24) is 9.80 Å². The Hall–Kier alpha value is -1.88. The third-order valence-electron chi connectivity index (χ3n) is 5.37. The second kappa shape index (κ2) is 8.48. The molecule has 2 saturated heterocycles. The average molecular weight is 343 g/mol. The van der Waals surface area contributed by atoms with Gasteiger partial charge in [-0.15, -0.1) is 0 Å². The van der Waals surface area contributed by atoms with Crippen LogP contribution in [0.1, 0.15) is 44.6 Å². The first-order valence-corrected chi connectivity index (χ1v) is 9.57. The van der Waals surface area contributed by atoms with E-state index in [-0.39, 0.29) is 11.8 Å². The molecule has 0 aliphatic carbocycles. The van der Waals surface area contributed by atoms with Crippen LogP contribution in [-0.2, 0) is 16.0 Å². The van der Waals surface area contributed by atoms with Crippen molar-refractivity contribution in [3.8, 4) is 0 Å². The van der Waals surface area contributed by atoms with Gasteiger partial charge in [0.1, 0.15) is 0 Å². The van der Waals surface area contributed by atoms with Gasteiger partial charge in [0.25, 0.3) is 0 Å². The number of hydrogen-bond acceptors (Lipinski definition) is 3. The van der Waals surface area contributed by atoms with Crippen LogP contribution in [0, 0.1) is 0 Å². The molecule has 2 aliphatic heterocycles. The molecule has 2 heterocycles. The van der Waals surface area contributed by atoms with E-state index in [0.29, 0.717) is 19.0 Å². The number of nitrogens with zero attached hydrogens (tertiary/aromatic N) is 2. The number of carbonyl (C=O) groups excluding carboxylic acids is 2. The van der Waals surface area contributed by atoms with Gasteiger partial charge in [0.15, 0.2) is 0 Å². The molecule has 3 rings (SSSR count). The maximum atomic E-state index is 12.6. The lowest BCUT2D eigenvalue weighted by atomic mass is 10.0. The minimum Gasteiger partial charge on any atom is -0.341 e. The average Bonchev–Trinajstić information content (AvgIpc) is 3.02. The van der Waals surface area contributed by atoms with Crippen molar-refractivity contribution in [2.24, 2.45) is 0 Å². The van der Waals surface area contributed by atoms with Gasteiger partial charge in [-0.2, -0.15) is 0 Å². The number of piperidine rings is 1. The number of para-hydroxylation sites is 1. The summed E-state index contributed by atoms with van der Waals surface area (Å²) in [7, 11) is 0. The molecular formula is C20H29N3O2. The molecule has 2 fully saturated rings. The van der Waals surface area contributed by atoms with Crippen molar-refractivity contribution >= 4 is 17.5 Å².